The first-order valence-corrected chi connectivity index (χ1v) is 6.54. The predicted octanol–water partition coefficient (Wildman–Crippen LogP) is 3.45. The Bertz CT molecular complexity index is 234. The van der Waals surface area contributed by atoms with Gasteiger partial charge >= 0.3 is 0 Å². The highest BCUT2D eigenvalue weighted by Crippen LogP contribution is 2.07. The Balaban J connectivity index is 1.78. The van der Waals surface area contributed by atoms with Crippen LogP contribution in [0.2, 0.25) is 0 Å². The Labute approximate surface area is 98.8 Å². The lowest BCUT2D eigenvalue weighted by atomic mass is 10.1. The largest absolute Gasteiger partial charge is 0.413 e. The molecule has 3 heteroatoms. The Morgan fingerprint density at radius 1 is 1.00 bits per heavy atom. The van der Waals surface area contributed by atoms with E-state index in [0.29, 0.717) is 0 Å². The monoisotopic (exact) mass is 224 g/mol. The number of imidazole rings is 1. The third-order valence-electron chi connectivity index (χ3n) is 2.72. The van der Waals surface area contributed by atoms with E-state index in [4.69, 9.17) is 4.84 Å². The van der Waals surface area contributed by atoms with Gasteiger partial charge in [0, 0.05) is 6.20 Å². The molecule has 0 saturated carbocycles. The van der Waals surface area contributed by atoms with Gasteiger partial charge in [-0.15, -0.1) is 0 Å². The summed E-state index contributed by atoms with van der Waals surface area (Å²) in [6, 6.07) is 0. The molecule has 3 nitrogen and oxygen atoms in total. The van der Waals surface area contributed by atoms with Crippen molar-refractivity contribution in [1.82, 2.24) is 9.71 Å². The van der Waals surface area contributed by atoms with Crippen LogP contribution in [0.25, 0.3) is 0 Å². The minimum atomic E-state index is 0.797. The van der Waals surface area contributed by atoms with E-state index >= 15 is 0 Å². The second-order valence-electron chi connectivity index (χ2n) is 4.23. The van der Waals surface area contributed by atoms with Crippen molar-refractivity contribution in [1.29, 1.82) is 0 Å². The number of unbranched alkanes of at least 4 members (excludes halogenated alkanes) is 7. The molecule has 1 heterocycles. The molecule has 0 N–H and O–H groups in total. The SMILES string of the molecule is CCCCCCCCCCOn1ccnc1. The van der Waals surface area contributed by atoms with Gasteiger partial charge in [-0.05, 0) is 12.8 Å². The molecule has 0 saturated heterocycles. The van der Waals surface area contributed by atoms with Gasteiger partial charge < -0.3 is 4.84 Å². The molecule has 92 valence electrons. The molecule has 1 aromatic heterocycles. The first-order chi connectivity index (χ1) is 7.93. The first-order valence-electron chi connectivity index (χ1n) is 6.54. The van der Waals surface area contributed by atoms with Gasteiger partial charge in [0.2, 0.25) is 0 Å². The van der Waals surface area contributed by atoms with Gasteiger partial charge in [-0.2, -0.15) is 4.73 Å². The van der Waals surface area contributed by atoms with Crippen molar-refractivity contribution in [3.05, 3.63) is 18.7 Å². The van der Waals surface area contributed by atoms with Crippen molar-refractivity contribution >= 4 is 0 Å². The summed E-state index contributed by atoms with van der Waals surface area (Å²) in [7, 11) is 0. The predicted molar refractivity (Wildman–Crippen MR) is 66.3 cm³/mol. The van der Waals surface area contributed by atoms with Crippen LogP contribution in [-0.4, -0.2) is 16.3 Å². The summed E-state index contributed by atoms with van der Waals surface area (Å²) in [6.07, 6.45) is 15.9. The molecule has 0 unspecified atom stereocenters. The van der Waals surface area contributed by atoms with Gasteiger partial charge in [-0.25, -0.2) is 4.98 Å². The molecule has 0 amide bonds. The highest BCUT2D eigenvalue weighted by Gasteiger charge is 1.93. The van der Waals surface area contributed by atoms with Crippen LogP contribution in [-0.2, 0) is 0 Å². The maximum atomic E-state index is 5.45. The Morgan fingerprint density at radius 3 is 2.31 bits per heavy atom. The average Bonchev–Trinajstić information content (AvgIpc) is 2.80. The van der Waals surface area contributed by atoms with E-state index in [0.717, 1.165) is 13.0 Å². The maximum Gasteiger partial charge on any atom is 0.131 e. The van der Waals surface area contributed by atoms with E-state index in [1.807, 2.05) is 6.20 Å². The molecular weight excluding hydrogens is 200 g/mol. The summed E-state index contributed by atoms with van der Waals surface area (Å²) in [6.45, 7) is 3.05. The number of hydrogen-bond acceptors (Lipinski definition) is 2. The lowest BCUT2D eigenvalue weighted by Gasteiger charge is -2.05. The molecule has 16 heavy (non-hydrogen) atoms. The zero-order chi connectivity index (χ0) is 11.5. The topological polar surface area (TPSA) is 27.1 Å². The van der Waals surface area contributed by atoms with E-state index in [9.17, 15) is 0 Å². The van der Waals surface area contributed by atoms with Gasteiger partial charge in [0.15, 0.2) is 0 Å². The van der Waals surface area contributed by atoms with Crippen molar-refractivity contribution in [3.63, 3.8) is 0 Å². The summed E-state index contributed by atoms with van der Waals surface area (Å²) in [5, 5.41) is 0. The Kier molecular flexibility index (Phi) is 7.56. The first kappa shape index (κ1) is 13.1. The highest BCUT2D eigenvalue weighted by molar-refractivity contribution is 4.69. The van der Waals surface area contributed by atoms with Crippen molar-refractivity contribution in [2.45, 2.75) is 58.3 Å². The maximum absolute atomic E-state index is 5.45. The summed E-state index contributed by atoms with van der Waals surface area (Å²) in [5.74, 6) is 0. The third-order valence-corrected chi connectivity index (χ3v) is 2.72. The second kappa shape index (κ2) is 9.25. The molecule has 0 fully saturated rings. The fraction of sp³-hybridized carbons (Fsp3) is 0.769. The summed E-state index contributed by atoms with van der Waals surface area (Å²) >= 11 is 0. The van der Waals surface area contributed by atoms with Crippen molar-refractivity contribution < 1.29 is 4.84 Å². The van der Waals surface area contributed by atoms with Crippen LogP contribution in [0.15, 0.2) is 18.7 Å². The van der Waals surface area contributed by atoms with Gasteiger partial charge in [0.1, 0.15) is 12.9 Å². The lowest BCUT2D eigenvalue weighted by molar-refractivity contribution is 0.106. The summed E-state index contributed by atoms with van der Waals surface area (Å²) < 4.78 is 1.67. The molecule has 0 aromatic carbocycles. The Morgan fingerprint density at radius 2 is 1.69 bits per heavy atom. The molecule has 1 aromatic rings. The minimum absolute atomic E-state index is 0.797. The molecule has 0 bridgehead atoms. The molecule has 1 rings (SSSR count). The third kappa shape index (κ3) is 6.49. The van der Waals surface area contributed by atoms with E-state index in [1.54, 1.807) is 17.3 Å². The highest BCUT2D eigenvalue weighted by atomic mass is 16.7. The smallest absolute Gasteiger partial charge is 0.131 e. The average molecular weight is 224 g/mol. The molecule has 0 radical (unpaired) electrons. The van der Waals surface area contributed by atoms with Gasteiger partial charge in [0.05, 0.1) is 6.20 Å². The van der Waals surface area contributed by atoms with Gasteiger partial charge in [-0.3, -0.25) is 0 Å². The number of rotatable bonds is 10. The normalized spacial score (nSPS) is 10.6. The number of nitrogens with zero attached hydrogens (tertiary/aromatic N) is 2. The van der Waals surface area contributed by atoms with Crippen LogP contribution >= 0.6 is 0 Å². The molecule has 0 aliphatic carbocycles. The van der Waals surface area contributed by atoms with E-state index in [2.05, 4.69) is 11.9 Å². The lowest BCUT2D eigenvalue weighted by Crippen LogP contribution is -2.10. The van der Waals surface area contributed by atoms with Crippen LogP contribution in [0.3, 0.4) is 0 Å². The second-order valence-corrected chi connectivity index (χ2v) is 4.23. The van der Waals surface area contributed by atoms with Crippen molar-refractivity contribution in [2.75, 3.05) is 6.61 Å². The molecular formula is C13H24N2O. The zero-order valence-corrected chi connectivity index (χ0v) is 10.4. The van der Waals surface area contributed by atoms with Crippen LogP contribution in [0.4, 0.5) is 0 Å². The van der Waals surface area contributed by atoms with Crippen LogP contribution < -0.4 is 4.84 Å². The fourth-order valence-corrected chi connectivity index (χ4v) is 1.73. The van der Waals surface area contributed by atoms with E-state index in [1.165, 1.54) is 44.9 Å². The molecule has 0 aliphatic heterocycles. The number of hydrogen-bond donors (Lipinski definition) is 0. The van der Waals surface area contributed by atoms with Gasteiger partial charge in [-0.1, -0.05) is 45.4 Å². The van der Waals surface area contributed by atoms with Crippen LogP contribution in [0.5, 0.6) is 0 Å². The minimum Gasteiger partial charge on any atom is -0.413 e. The summed E-state index contributed by atoms with van der Waals surface area (Å²) in [4.78, 5) is 9.36. The van der Waals surface area contributed by atoms with Crippen molar-refractivity contribution in [3.8, 4) is 0 Å². The van der Waals surface area contributed by atoms with E-state index in [-0.39, 0.29) is 0 Å². The number of aromatic nitrogens is 2. The summed E-state index contributed by atoms with van der Waals surface area (Å²) in [5.41, 5.74) is 0. The zero-order valence-electron chi connectivity index (χ0n) is 10.4. The van der Waals surface area contributed by atoms with Crippen LogP contribution in [0.1, 0.15) is 58.3 Å². The van der Waals surface area contributed by atoms with E-state index < -0.39 is 0 Å². The quantitative estimate of drug-likeness (QED) is 0.569. The van der Waals surface area contributed by atoms with Crippen LogP contribution in [0, 0.1) is 0 Å². The molecule has 0 atom stereocenters. The van der Waals surface area contributed by atoms with Crippen molar-refractivity contribution in [2.24, 2.45) is 0 Å². The fourth-order valence-electron chi connectivity index (χ4n) is 1.73. The molecule has 0 spiro atoms. The standard InChI is InChI=1S/C13H24N2O/c1-2-3-4-5-6-7-8-9-12-16-15-11-10-14-13-15/h10-11,13H,2-9,12H2,1H3. The molecule has 0 aliphatic rings. The Hall–Kier alpha value is -0.990. The van der Waals surface area contributed by atoms with Gasteiger partial charge in [0.25, 0.3) is 0 Å².